The fourth-order valence-electron chi connectivity index (χ4n) is 4.11. The van der Waals surface area contributed by atoms with Crippen LogP contribution in [0.1, 0.15) is 16.8 Å². The number of oxazole rings is 1. The van der Waals surface area contributed by atoms with Gasteiger partial charge in [0.15, 0.2) is 0 Å². The standard InChI is InChI=1S/C28H26N4O2/c29-19-26-28(32-17-15-31(16-18-32)20-22-7-3-1-4-8-22)34-27(30-26)24-11-13-25(14-12-24)33-21-23-9-5-2-6-10-23/h1-14H,15-18,20-21H2. The zero-order valence-electron chi connectivity index (χ0n) is 18.9. The lowest BCUT2D eigenvalue weighted by Crippen LogP contribution is -2.46. The molecule has 0 atom stereocenters. The largest absolute Gasteiger partial charge is 0.489 e. The van der Waals surface area contributed by atoms with E-state index in [9.17, 15) is 5.26 Å². The minimum absolute atomic E-state index is 0.330. The van der Waals surface area contributed by atoms with Gasteiger partial charge in [-0.3, -0.25) is 4.90 Å². The molecular formula is C28H26N4O2. The quantitative estimate of drug-likeness (QED) is 0.390. The lowest BCUT2D eigenvalue weighted by atomic mass is 10.2. The number of nitrogens with zero attached hydrogens (tertiary/aromatic N) is 4. The monoisotopic (exact) mass is 450 g/mol. The Morgan fingerprint density at radius 1 is 0.824 bits per heavy atom. The normalized spacial score (nSPS) is 14.0. The second-order valence-corrected chi connectivity index (χ2v) is 8.33. The summed E-state index contributed by atoms with van der Waals surface area (Å²) >= 11 is 0. The van der Waals surface area contributed by atoms with E-state index in [1.807, 2.05) is 60.7 Å². The van der Waals surface area contributed by atoms with Crippen molar-refractivity contribution in [2.24, 2.45) is 0 Å². The van der Waals surface area contributed by atoms with Crippen molar-refractivity contribution in [1.29, 1.82) is 5.26 Å². The maximum Gasteiger partial charge on any atom is 0.235 e. The van der Waals surface area contributed by atoms with E-state index in [0.29, 0.717) is 24.1 Å². The smallest absolute Gasteiger partial charge is 0.235 e. The van der Waals surface area contributed by atoms with Crippen molar-refractivity contribution in [3.8, 4) is 23.3 Å². The average Bonchev–Trinajstić information content (AvgIpc) is 3.34. The molecule has 1 fully saturated rings. The van der Waals surface area contributed by atoms with Crippen LogP contribution in [0.4, 0.5) is 5.88 Å². The van der Waals surface area contributed by atoms with E-state index < -0.39 is 0 Å². The fraction of sp³-hybridized carbons (Fsp3) is 0.214. The molecule has 0 amide bonds. The molecule has 6 nitrogen and oxygen atoms in total. The fourth-order valence-corrected chi connectivity index (χ4v) is 4.11. The Morgan fingerprint density at radius 3 is 2.12 bits per heavy atom. The third kappa shape index (κ3) is 5.11. The number of nitriles is 1. The highest BCUT2D eigenvalue weighted by Crippen LogP contribution is 2.30. The molecule has 170 valence electrons. The Kier molecular flexibility index (Phi) is 6.55. The minimum Gasteiger partial charge on any atom is -0.489 e. The number of anilines is 1. The number of hydrogen-bond donors (Lipinski definition) is 0. The van der Waals surface area contributed by atoms with Gasteiger partial charge in [0.05, 0.1) is 0 Å². The Hall–Kier alpha value is -4.08. The summed E-state index contributed by atoms with van der Waals surface area (Å²) in [5.74, 6) is 1.78. The van der Waals surface area contributed by atoms with Crippen LogP contribution in [-0.4, -0.2) is 36.1 Å². The van der Waals surface area contributed by atoms with Crippen molar-refractivity contribution in [2.75, 3.05) is 31.1 Å². The van der Waals surface area contributed by atoms with Crippen LogP contribution < -0.4 is 9.64 Å². The molecule has 5 rings (SSSR count). The van der Waals surface area contributed by atoms with Crippen molar-refractivity contribution in [2.45, 2.75) is 13.2 Å². The van der Waals surface area contributed by atoms with E-state index in [1.54, 1.807) is 0 Å². The molecule has 34 heavy (non-hydrogen) atoms. The molecule has 0 unspecified atom stereocenters. The van der Waals surface area contributed by atoms with Gasteiger partial charge in [0.2, 0.25) is 17.5 Å². The summed E-state index contributed by atoms with van der Waals surface area (Å²) in [4.78, 5) is 9.00. The van der Waals surface area contributed by atoms with E-state index in [-0.39, 0.29) is 0 Å². The summed E-state index contributed by atoms with van der Waals surface area (Å²) in [5, 5.41) is 9.65. The lowest BCUT2D eigenvalue weighted by molar-refractivity contribution is 0.246. The molecule has 0 spiro atoms. The van der Waals surface area contributed by atoms with Crippen LogP contribution in [0.15, 0.2) is 89.3 Å². The van der Waals surface area contributed by atoms with Gasteiger partial charge < -0.3 is 14.1 Å². The summed E-state index contributed by atoms with van der Waals surface area (Å²) in [6.07, 6.45) is 0. The lowest BCUT2D eigenvalue weighted by Gasteiger charge is -2.34. The van der Waals surface area contributed by atoms with Crippen LogP contribution in [0.5, 0.6) is 5.75 Å². The average molecular weight is 451 g/mol. The molecule has 3 aromatic carbocycles. The summed E-state index contributed by atoms with van der Waals surface area (Å²) in [6, 6.07) is 30.4. The number of rotatable bonds is 7. The van der Waals surface area contributed by atoms with Crippen LogP contribution in [0.3, 0.4) is 0 Å². The highest BCUT2D eigenvalue weighted by atomic mass is 16.5. The molecule has 1 aromatic heterocycles. The van der Waals surface area contributed by atoms with E-state index in [4.69, 9.17) is 9.15 Å². The number of piperazine rings is 1. The first-order valence-corrected chi connectivity index (χ1v) is 11.5. The number of aromatic nitrogens is 1. The van der Waals surface area contributed by atoms with Crippen molar-refractivity contribution < 1.29 is 9.15 Å². The Morgan fingerprint density at radius 2 is 1.47 bits per heavy atom. The molecule has 4 aromatic rings. The van der Waals surface area contributed by atoms with Crippen molar-refractivity contribution in [1.82, 2.24) is 9.88 Å². The van der Waals surface area contributed by atoms with Gasteiger partial charge in [-0.1, -0.05) is 60.7 Å². The first kappa shape index (κ1) is 21.7. The number of ether oxygens (including phenoxy) is 1. The van der Waals surface area contributed by atoms with E-state index in [0.717, 1.165) is 49.6 Å². The van der Waals surface area contributed by atoms with Crippen molar-refractivity contribution >= 4 is 5.88 Å². The van der Waals surface area contributed by atoms with E-state index >= 15 is 0 Å². The van der Waals surface area contributed by atoms with Crippen LogP contribution in [0.2, 0.25) is 0 Å². The van der Waals surface area contributed by atoms with Crippen LogP contribution >= 0.6 is 0 Å². The second-order valence-electron chi connectivity index (χ2n) is 8.33. The predicted molar refractivity (Wildman–Crippen MR) is 131 cm³/mol. The molecule has 1 aliphatic rings. The third-order valence-corrected chi connectivity index (χ3v) is 5.97. The van der Waals surface area contributed by atoms with Gasteiger partial charge in [-0.2, -0.15) is 10.2 Å². The first-order valence-electron chi connectivity index (χ1n) is 11.5. The Labute approximate surface area is 199 Å². The molecule has 0 radical (unpaired) electrons. The number of benzene rings is 3. The van der Waals surface area contributed by atoms with Gasteiger partial charge in [-0.05, 0) is 35.4 Å². The summed E-state index contributed by atoms with van der Waals surface area (Å²) in [7, 11) is 0. The van der Waals surface area contributed by atoms with Crippen LogP contribution in [-0.2, 0) is 13.2 Å². The van der Waals surface area contributed by atoms with Gasteiger partial charge in [-0.25, -0.2) is 0 Å². The van der Waals surface area contributed by atoms with Gasteiger partial charge in [0.25, 0.3) is 0 Å². The first-order chi connectivity index (χ1) is 16.8. The Bertz CT molecular complexity index is 1240. The van der Waals surface area contributed by atoms with Crippen LogP contribution in [0, 0.1) is 11.3 Å². The molecule has 6 heteroatoms. The van der Waals surface area contributed by atoms with Gasteiger partial charge >= 0.3 is 0 Å². The summed E-state index contributed by atoms with van der Waals surface area (Å²) < 4.78 is 12.0. The maximum absolute atomic E-state index is 9.65. The molecule has 0 saturated carbocycles. The van der Waals surface area contributed by atoms with E-state index in [1.165, 1.54) is 5.56 Å². The van der Waals surface area contributed by atoms with Gasteiger partial charge in [0.1, 0.15) is 18.4 Å². The summed E-state index contributed by atoms with van der Waals surface area (Å²) in [6.45, 7) is 4.84. The molecule has 2 heterocycles. The molecular weight excluding hydrogens is 424 g/mol. The molecule has 0 aliphatic carbocycles. The topological polar surface area (TPSA) is 65.5 Å². The summed E-state index contributed by atoms with van der Waals surface area (Å²) in [5.41, 5.74) is 3.58. The molecule has 1 aliphatic heterocycles. The van der Waals surface area contributed by atoms with E-state index in [2.05, 4.69) is 45.1 Å². The predicted octanol–water partition coefficient (Wildman–Crippen LogP) is 5.11. The Balaban J connectivity index is 1.22. The second kappa shape index (κ2) is 10.2. The van der Waals surface area contributed by atoms with Gasteiger partial charge in [0, 0.05) is 38.3 Å². The molecule has 0 bridgehead atoms. The number of hydrogen-bond acceptors (Lipinski definition) is 6. The highest BCUT2D eigenvalue weighted by molar-refractivity contribution is 5.60. The van der Waals surface area contributed by atoms with Crippen LogP contribution in [0.25, 0.3) is 11.5 Å². The SMILES string of the molecule is N#Cc1nc(-c2ccc(OCc3ccccc3)cc2)oc1N1CCN(Cc2ccccc2)CC1. The zero-order chi connectivity index (χ0) is 23.2. The van der Waals surface area contributed by atoms with Crippen molar-refractivity contribution in [3.63, 3.8) is 0 Å². The minimum atomic E-state index is 0.330. The van der Waals surface area contributed by atoms with Crippen molar-refractivity contribution in [3.05, 3.63) is 102 Å². The zero-order valence-corrected chi connectivity index (χ0v) is 18.9. The molecule has 0 N–H and O–H groups in total. The maximum atomic E-state index is 9.65. The third-order valence-electron chi connectivity index (χ3n) is 5.97. The highest BCUT2D eigenvalue weighted by Gasteiger charge is 2.24. The van der Waals surface area contributed by atoms with Gasteiger partial charge in [-0.15, -0.1) is 0 Å². The molecule has 1 saturated heterocycles.